The topological polar surface area (TPSA) is 93.7 Å². The molecular formula is C14H15N5O2. The fourth-order valence-electron chi connectivity index (χ4n) is 1.67. The van der Waals surface area contributed by atoms with Crippen LogP contribution in [0.1, 0.15) is 30.6 Å². The van der Waals surface area contributed by atoms with E-state index in [2.05, 4.69) is 15.4 Å². The number of nitrogens with zero attached hydrogens (tertiary/aromatic N) is 5. The third kappa shape index (κ3) is 3.86. The second-order valence-electron chi connectivity index (χ2n) is 4.65. The highest BCUT2D eigenvalue weighted by Gasteiger charge is 2.12. The summed E-state index contributed by atoms with van der Waals surface area (Å²) >= 11 is 0. The third-order valence-electron chi connectivity index (χ3n) is 2.58. The monoisotopic (exact) mass is 285 g/mol. The van der Waals surface area contributed by atoms with Crippen LogP contribution in [0.2, 0.25) is 0 Å². The zero-order chi connectivity index (χ0) is 15.2. The van der Waals surface area contributed by atoms with E-state index in [0.29, 0.717) is 29.9 Å². The maximum absolute atomic E-state index is 11.9. The van der Waals surface area contributed by atoms with Crippen molar-refractivity contribution in [3.63, 3.8) is 0 Å². The maximum atomic E-state index is 11.9. The molecule has 2 rings (SSSR count). The van der Waals surface area contributed by atoms with Gasteiger partial charge in [-0.3, -0.25) is 0 Å². The Labute approximate surface area is 122 Å². The molecule has 0 saturated heterocycles. The van der Waals surface area contributed by atoms with E-state index in [1.165, 1.54) is 4.80 Å². The molecule has 0 aliphatic carbocycles. The minimum atomic E-state index is -0.385. The van der Waals surface area contributed by atoms with Crippen LogP contribution in [-0.4, -0.2) is 32.3 Å². The molecule has 108 valence electrons. The Morgan fingerprint density at radius 3 is 3.00 bits per heavy atom. The van der Waals surface area contributed by atoms with E-state index in [1.54, 1.807) is 38.1 Å². The molecule has 1 aromatic carbocycles. The van der Waals surface area contributed by atoms with E-state index in [1.807, 2.05) is 6.07 Å². The van der Waals surface area contributed by atoms with Gasteiger partial charge >= 0.3 is 5.97 Å². The quantitative estimate of drug-likeness (QED) is 0.778. The van der Waals surface area contributed by atoms with Crippen LogP contribution in [0.3, 0.4) is 0 Å². The van der Waals surface area contributed by atoms with Gasteiger partial charge in [-0.25, -0.2) is 4.79 Å². The average Bonchev–Trinajstić information content (AvgIpc) is 2.93. The van der Waals surface area contributed by atoms with Gasteiger partial charge in [-0.05, 0) is 31.2 Å². The van der Waals surface area contributed by atoms with Gasteiger partial charge in [-0.15, -0.1) is 10.2 Å². The second-order valence-corrected chi connectivity index (χ2v) is 4.65. The molecule has 1 aromatic heterocycles. The van der Waals surface area contributed by atoms with E-state index in [4.69, 9.17) is 10.00 Å². The number of hydrogen-bond acceptors (Lipinski definition) is 6. The van der Waals surface area contributed by atoms with Gasteiger partial charge in [-0.1, -0.05) is 12.1 Å². The third-order valence-corrected chi connectivity index (χ3v) is 2.58. The second kappa shape index (κ2) is 6.61. The van der Waals surface area contributed by atoms with Crippen LogP contribution in [0.25, 0.3) is 11.4 Å². The van der Waals surface area contributed by atoms with E-state index >= 15 is 0 Å². The molecule has 0 fully saturated rings. The van der Waals surface area contributed by atoms with Crippen molar-refractivity contribution in [1.29, 1.82) is 5.26 Å². The maximum Gasteiger partial charge on any atom is 0.338 e. The molecule has 0 aliphatic rings. The highest BCUT2D eigenvalue weighted by Crippen LogP contribution is 2.16. The predicted molar refractivity (Wildman–Crippen MR) is 74.0 cm³/mol. The van der Waals surface area contributed by atoms with Crippen LogP contribution >= 0.6 is 0 Å². The van der Waals surface area contributed by atoms with Crippen molar-refractivity contribution in [1.82, 2.24) is 20.2 Å². The van der Waals surface area contributed by atoms with Gasteiger partial charge in [0.25, 0.3) is 0 Å². The number of carbonyl (C=O) groups is 1. The number of rotatable bonds is 5. The lowest BCUT2D eigenvalue weighted by atomic mass is 10.1. The summed E-state index contributed by atoms with van der Waals surface area (Å²) < 4.78 is 5.15. The highest BCUT2D eigenvalue weighted by molar-refractivity contribution is 5.90. The summed E-state index contributed by atoms with van der Waals surface area (Å²) in [6.45, 7) is 3.98. The average molecular weight is 285 g/mol. The van der Waals surface area contributed by atoms with Crippen LogP contribution in [0.4, 0.5) is 0 Å². The van der Waals surface area contributed by atoms with E-state index in [9.17, 15) is 4.79 Å². The molecule has 0 atom stereocenters. The summed E-state index contributed by atoms with van der Waals surface area (Å²) in [6, 6.07) is 8.88. The number of carbonyl (C=O) groups excluding carboxylic acids is 1. The largest absolute Gasteiger partial charge is 0.459 e. The first-order valence-corrected chi connectivity index (χ1v) is 6.56. The summed E-state index contributed by atoms with van der Waals surface area (Å²) in [4.78, 5) is 13.2. The van der Waals surface area contributed by atoms with Crippen molar-refractivity contribution in [3.05, 3.63) is 29.8 Å². The summed E-state index contributed by atoms with van der Waals surface area (Å²) in [5, 5.41) is 20.5. The van der Waals surface area contributed by atoms with Crippen molar-refractivity contribution >= 4 is 5.97 Å². The number of aromatic nitrogens is 4. The van der Waals surface area contributed by atoms with Crippen molar-refractivity contribution in [2.24, 2.45) is 0 Å². The molecule has 7 heteroatoms. The van der Waals surface area contributed by atoms with Crippen molar-refractivity contribution in [2.45, 2.75) is 32.9 Å². The Kier molecular flexibility index (Phi) is 4.61. The number of aryl methyl sites for hydroxylation is 1. The number of tetrazole rings is 1. The first-order valence-electron chi connectivity index (χ1n) is 6.56. The standard InChI is InChI=1S/C14H15N5O2/c1-10(2)21-14(20)12-6-3-5-11(9-12)13-16-18-19(17-13)8-4-7-15/h3,5-6,9-10H,4,8H2,1-2H3. The Morgan fingerprint density at radius 1 is 1.48 bits per heavy atom. The molecule has 0 aliphatic heterocycles. The number of nitriles is 1. The number of benzene rings is 1. The van der Waals surface area contributed by atoms with E-state index < -0.39 is 0 Å². The first-order chi connectivity index (χ1) is 10.1. The van der Waals surface area contributed by atoms with Gasteiger partial charge in [0.15, 0.2) is 0 Å². The van der Waals surface area contributed by atoms with Gasteiger partial charge in [0.05, 0.1) is 30.7 Å². The molecule has 0 amide bonds. The predicted octanol–water partition coefficient (Wildman–Crippen LogP) is 1.82. The molecule has 0 saturated carbocycles. The molecular weight excluding hydrogens is 270 g/mol. The summed E-state index contributed by atoms with van der Waals surface area (Å²) in [5.41, 5.74) is 1.12. The Morgan fingerprint density at radius 2 is 2.29 bits per heavy atom. The zero-order valence-electron chi connectivity index (χ0n) is 11.9. The lowest BCUT2D eigenvalue weighted by molar-refractivity contribution is 0.0378. The number of esters is 1. The van der Waals surface area contributed by atoms with Crippen LogP contribution in [0.5, 0.6) is 0 Å². The van der Waals surface area contributed by atoms with Crippen LogP contribution in [0.15, 0.2) is 24.3 Å². The van der Waals surface area contributed by atoms with Crippen molar-refractivity contribution in [3.8, 4) is 17.5 Å². The molecule has 1 heterocycles. The summed E-state index contributed by atoms with van der Waals surface area (Å²) in [6.07, 6.45) is 0.141. The smallest absolute Gasteiger partial charge is 0.338 e. The Hall–Kier alpha value is -2.75. The molecule has 0 bridgehead atoms. The SMILES string of the molecule is CC(C)OC(=O)c1cccc(-c2nnn(CCC#N)n2)c1. The van der Waals surface area contributed by atoms with Crippen LogP contribution in [0, 0.1) is 11.3 Å². The van der Waals surface area contributed by atoms with Gasteiger partial charge in [-0.2, -0.15) is 10.1 Å². The van der Waals surface area contributed by atoms with Crippen LogP contribution in [-0.2, 0) is 11.3 Å². The fraction of sp³-hybridized carbons (Fsp3) is 0.357. The van der Waals surface area contributed by atoms with Crippen molar-refractivity contribution in [2.75, 3.05) is 0 Å². The van der Waals surface area contributed by atoms with Gasteiger partial charge in [0.1, 0.15) is 0 Å². The van der Waals surface area contributed by atoms with Gasteiger partial charge < -0.3 is 4.74 Å². The van der Waals surface area contributed by atoms with E-state index in [-0.39, 0.29) is 12.1 Å². The molecule has 0 unspecified atom stereocenters. The van der Waals surface area contributed by atoms with Gasteiger partial charge in [0, 0.05) is 5.56 Å². The minimum Gasteiger partial charge on any atom is -0.459 e. The highest BCUT2D eigenvalue weighted by atomic mass is 16.5. The lowest BCUT2D eigenvalue weighted by Gasteiger charge is -2.08. The first kappa shape index (κ1) is 14.7. The number of ether oxygens (including phenoxy) is 1. The lowest BCUT2D eigenvalue weighted by Crippen LogP contribution is -2.11. The number of hydrogen-bond donors (Lipinski definition) is 0. The summed E-state index contributed by atoms with van der Waals surface area (Å²) in [5.74, 6) is 0.0239. The zero-order valence-corrected chi connectivity index (χ0v) is 11.9. The summed E-state index contributed by atoms with van der Waals surface area (Å²) in [7, 11) is 0. The normalized spacial score (nSPS) is 10.4. The van der Waals surface area contributed by atoms with Gasteiger partial charge in [0.2, 0.25) is 5.82 Å². The Bertz CT molecular complexity index is 672. The molecule has 21 heavy (non-hydrogen) atoms. The minimum absolute atomic E-state index is 0.175. The molecule has 0 N–H and O–H groups in total. The van der Waals surface area contributed by atoms with Crippen LogP contribution < -0.4 is 0 Å². The molecule has 2 aromatic rings. The van der Waals surface area contributed by atoms with E-state index in [0.717, 1.165) is 0 Å². The fourth-order valence-corrected chi connectivity index (χ4v) is 1.67. The Balaban J connectivity index is 2.19. The molecule has 0 spiro atoms. The van der Waals surface area contributed by atoms with Crippen molar-refractivity contribution < 1.29 is 9.53 Å². The molecule has 7 nitrogen and oxygen atoms in total. The molecule has 0 radical (unpaired) electrons.